The van der Waals surface area contributed by atoms with Gasteiger partial charge in [0.05, 0.1) is 23.8 Å². The Hall–Kier alpha value is -3.47. The lowest BCUT2D eigenvalue weighted by Gasteiger charge is -2.26. The summed E-state index contributed by atoms with van der Waals surface area (Å²) in [6.07, 6.45) is 3.43. The highest BCUT2D eigenvalue weighted by atomic mass is 32.2. The average molecular weight is 496 g/mol. The number of aromatic nitrogens is 1. The second-order valence-corrected chi connectivity index (χ2v) is 10.4. The lowest BCUT2D eigenvalue weighted by atomic mass is 10.0. The smallest absolute Gasteiger partial charge is 0.323 e. The van der Waals surface area contributed by atoms with Crippen LogP contribution in [0.1, 0.15) is 18.1 Å². The number of amides is 1. The number of hydrogen-bond donors (Lipinski definition) is 1. The number of fused-ring (bicyclic) bond motifs is 2. The van der Waals surface area contributed by atoms with E-state index in [1.165, 1.54) is 4.31 Å². The molecular weight excluding hydrogens is 470 g/mol. The van der Waals surface area contributed by atoms with Crippen LogP contribution in [0.2, 0.25) is 0 Å². The van der Waals surface area contributed by atoms with Gasteiger partial charge in [0.25, 0.3) is 5.91 Å². The summed E-state index contributed by atoms with van der Waals surface area (Å²) in [5.74, 6) is -1.19. The Morgan fingerprint density at radius 3 is 2.60 bits per heavy atom. The third-order valence-corrected chi connectivity index (χ3v) is 8.27. The Bertz CT molecular complexity index is 1470. The summed E-state index contributed by atoms with van der Waals surface area (Å²) in [5, 5.41) is 10.1. The van der Waals surface area contributed by atoms with Crippen LogP contribution in [0.5, 0.6) is 0 Å². The summed E-state index contributed by atoms with van der Waals surface area (Å²) in [7, 11) is -3.74. The molecule has 182 valence electrons. The maximum atomic E-state index is 13.4. The van der Waals surface area contributed by atoms with E-state index in [2.05, 4.69) is 0 Å². The first-order chi connectivity index (χ1) is 16.8. The summed E-state index contributed by atoms with van der Waals surface area (Å²) in [5.41, 5.74) is 3.00. The van der Waals surface area contributed by atoms with Crippen LogP contribution in [0.3, 0.4) is 0 Å². The highest BCUT2D eigenvalue weighted by Gasteiger charge is 2.34. The predicted octanol–water partition coefficient (Wildman–Crippen LogP) is 2.65. The van der Waals surface area contributed by atoms with Crippen LogP contribution in [-0.4, -0.2) is 67.1 Å². The molecule has 1 N–H and O–H groups in total. The standard InChI is InChI=1S/C25H25N3O6S/c1-2-28-23-8-7-18(35(32,33)27-9-11-34-12-10-27)14-20(23)21(25(28)31)13-17-15-26(16-24(29)30)22-6-4-3-5-19(17)22/h3-8,13-15H,2,9-12,16H2,1H3,(H,29,30). The van der Waals surface area contributed by atoms with Crippen molar-refractivity contribution < 1.29 is 27.9 Å². The highest BCUT2D eigenvalue weighted by molar-refractivity contribution is 7.89. The number of para-hydroxylation sites is 1. The molecule has 1 saturated heterocycles. The van der Waals surface area contributed by atoms with E-state index in [4.69, 9.17) is 4.74 Å². The SMILES string of the molecule is CCN1C(=O)C(=Cc2cn(CC(=O)O)c3ccccc23)c2cc(S(=O)(=O)N3CCOCC3)ccc21. The van der Waals surface area contributed by atoms with Gasteiger partial charge in [-0.3, -0.25) is 9.59 Å². The molecule has 0 bridgehead atoms. The van der Waals surface area contributed by atoms with Crippen molar-refractivity contribution in [2.75, 3.05) is 37.7 Å². The summed E-state index contributed by atoms with van der Waals surface area (Å²) >= 11 is 0. The molecule has 0 atom stereocenters. The van der Waals surface area contributed by atoms with Crippen molar-refractivity contribution in [1.29, 1.82) is 0 Å². The number of carbonyl (C=O) groups is 2. The van der Waals surface area contributed by atoms with Gasteiger partial charge in [-0.15, -0.1) is 0 Å². The molecule has 2 aliphatic rings. The Morgan fingerprint density at radius 1 is 1.14 bits per heavy atom. The van der Waals surface area contributed by atoms with Crippen molar-refractivity contribution in [3.63, 3.8) is 0 Å². The summed E-state index contributed by atoms with van der Waals surface area (Å²) in [4.78, 5) is 26.5. The van der Waals surface area contributed by atoms with E-state index in [9.17, 15) is 23.1 Å². The minimum atomic E-state index is -3.74. The van der Waals surface area contributed by atoms with E-state index in [1.54, 1.807) is 39.9 Å². The maximum absolute atomic E-state index is 13.4. The zero-order valence-corrected chi connectivity index (χ0v) is 20.0. The van der Waals surface area contributed by atoms with Gasteiger partial charge in [-0.2, -0.15) is 4.31 Å². The van der Waals surface area contributed by atoms with E-state index in [1.807, 2.05) is 31.2 Å². The van der Waals surface area contributed by atoms with Crippen molar-refractivity contribution in [2.45, 2.75) is 18.4 Å². The highest BCUT2D eigenvalue weighted by Crippen LogP contribution is 2.40. The number of morpholine rings is 1. The van der Waals surface area contributed by atoms with E-state index in [0.717, 1.165) is 10.9 Å². The molecule has 0 saturated carbocycles. The molecule has 10 heteroatoms. The van der Waals surface area contributed by atoms with Crippen LogP contribution in [-0.2, 0) is 30.9 Å². The van der Waals surface area contributed by atoms with Gasteiger partial charge in [-0.25, -0.2) is 8.42 Å². The number of likely N-dealkylation sites (N-methyl/N-ethyl adjacent to an activating group) is 1. The van der Waals surface area contributed by atoms with Crippen LogP contribution in [0.4, 0.5) is 5.69 Å². The molecule has 1 fully saturated rings. The molecule has 0 radical (unpaired) electrons. The fourth-order valence-electron chi connectivity index (χ4n) is 4.71. The number of anilines is 1. The minimum Gasteiger partial charge on any atom is -0.480 e. The van der Waals surface area contributed by atoms with Gasteiger partial charge >= 0.3 is 5.97 Å². The van der Waals surface area contributed by atoms with Crippen LogP contribution in [0, 0.1) is 0 Å². The fraction of sp³-hybridized carbons (Fsp3) is 0.280. The number of ether oxygens (including phenoxy) is 1. The third kappa shape index (κ3) is 4.03. The van der Waals surface area contributed by atoms with Gasteiger partial charge in [0.15, 0.2) is 0 Å². The molecule has 2 aromatic carbocycles. The molecule has 0 unspecified atom stereocenters. The topological polar surface area (TPSA) is 109 Å². The monoisotopic (exact) mass is 495 g/mol. The third-order valence-electron chi connectivity index (χ3n) is 6.37. The Balaban J connectivity index is 1.64. The lowest BCUT2D eigenvalue weighted by molar-refractivity contribution is -0.137. The Morgan fingerprint density at radius 2 is 1.89 bits per heavy atom. The van der Waals surface area contributed by atoms with Gasteiger partial charge in [-0.05, 0) is 37.3 Å². The molecule has 2 aliphatic heterocycles. The molecule has 3 aromatic rings. The molecule has 35 heavy (non-hydrogen) atoms. The van der Waals surface area contributed by atoms with E-state index >= 15 is 0 Å². The Labute approximate surface area is 202 Å². The number of carboxylic acid groups (broad SMARTS) is 1. The number of carboxylic acids is 1. The molecule has 0 spiro atoms. The molecule has 3 heterocycles. The zero-order chi connectivity index (χ0) is 24.7. The first-order valence-electron chi connectivity index (χ1n) is 11.4. The zero-order valence-electron chi connectivity index (χ0n) is 19.2. The number of carbonyl (C=O) groups excluding carboxylic acids is 1. The van der Waals surface area contributed by atoms with Crippen LogP contribution in [0.25, 0.3) is 22.6 Å². The van der Waals surface area contributed by atoms with Crippen LogP contribution in [0.15, 0.2) is 53.6 Å². The normalized spacial score (nSPS) is 17.9. The lowest BCUT2D eigenvalue weighted by Crippen LogP contribution is -2.40. The van der Waals surface area contributed by atoms with E-state index < -0.39 is 16.0 Å². The summed E-state index contributed by atoms with van der Waals surface area (Å²) in [6.45, 7) is 3.34. The fourth-order valence-corrected chi connectivity index (χ4v) is 6.14. The quantitative estimate of drug-likeness (QED) is 0.527. The van der Waals surface area contributed by atoms with Gasteiger partial charge in [0.2, 0.25) is 10.0 Å². The number of sulfonamides is 1. The van der Waals surface area contributed by atoms with Gasteiger partial charge in [-0.1, -0.05) is 18.2 Å². The molecule has 0 aliphatic carbocycles. The van der Waals surface area contributed by atoms with Crippen molar-refractivity contribution in [3.05, 3.63) is 59.8 Å². The first-order valence-corrected chi connectivity index (χ1v) is 12.8. The molecular formula is C25H25N3O6S. The van der Waals surface area contributed by atoms with Crippen molar-refractivity contribution in [2.24, 2.45) is 0 Å². The first kappa shape index (κ1) is 23.3. The Kier molecular flexibility index (Phi) is 5.96. The number of aliphatic carboxylic acids is 1. The molecule has 9 nitrogen and oxygen atoms in total. The number of hydrogen-bond acceptors (Lipinski definition) is 5. The maximum Gasteiger partial charge on any atom is 0.323 e. The molecule has 1 amide bonds. The van der Waals surface area contributed by atoms with Crippen molar-refractivity contribution in [3.8, 4) is 0 Å². The average Bonchev–Trinajstić information content (AvgIpc) is 3.33. The second kappa shape index (κ2) is 8.95. The van der Waals surface area contributed by atoms with E-state index in [-0.39, 0.29) is 30.4 Å². The second-order valence-electron chi connectivity index (χ2n) is 8.43. The van der Waals surface area contributed by atoms with Gasteiger partial charge in [0, 0.05) is 53.4 Å². The summed E-state index contributed by atoms with van der Waals surface area (Å²) < 4.78 is 34.8. The number of nitrogens with zero attached hydrogens (tertiary/aromatic N) is 3. The summed E-state index contributed by atoms with van der Waals surface area (Å²) in [6, 6.07) is 12.2. The predicted molar refractivity (Wildman–Crippen MR) is 131 cm³/mol. The van der Waals surface area contributed by atoms with Crippen LogP contribution < -0.4 is 4.90 Å². The van der Waals surface area contributed by atoms with Crippen molar-refractivity contribution in [1.82, 2.24) is 8.87 Å². The number of rotatable bonds is 6. The minimum absolute atomic E-state index is 0.128. The number of benzene rings is 2. The van der Waals surface area contributed by atoms with Crippen molar-refractivity contribution >= 4 is 50.1 Å². The molecule has 5 rings (SSSR count). The van der Waals surface area contributed by atoms with Gasteiger partial charge < -0.3 is 19.3 Å². The van der Waals surface area contributed by atoms with E-state index in [0.29, 0.717) is 42.1 Å². The largest absolute Gasteiger partial charge is 0.480 e. The van der Waals surface area contributed by atoms with Gasteiger partial charge in [0.1, 0.15) is 6.54 Å². The molecule has 1 aromatic heterocycles. The van der Waals surface area contributed by atoms with Crippen LogP contribution >= 0.6 is 0 Å².